The maximum atomic E-state index is 11.7. The zero-order chi connectivity index (χ0) is 14.0. The van der Waals surface area contributed by atoms with Crippen molar-refractivity contribution in [1.82, 2.24) is 19.5 Å². The summed E-state index contributed by atoms with van der Waals surface area (Å²) in [5.41, 5.74) is -0.289. The van der Waals surface area contributed by atoms with Crippen LogP contribution in [0.3, 0.4) is 0 Å². The SMILES string of the molecule is COCc1nc2c(=O)[nH]c(=O)[nH]c2n1CCC(C)C. The van der Waals surface area contributed by atoms with Crippen molar-refractivity contribution in [2.45, 2.75) is 33.4 Å². The summed E-state index contributed by atoms with van der Waals surface area (Å²) in [5, 5.41) is 0. The molecule has 0 bridgehead atoms. The van der Waals surface area contributed by atoms with E-state index < -0.39 is 11.2 Å². The van der Waals surface area contributed by atoms with E-state index in [0.717, 1.165) is 6.42 Å². The minimum atomic E-state index is -0.521. The molecule has 7 heteroatoms. The van der Waals surface area contributed by atoms with Crippen LogP contribution in [0.5, 0.6) is 0 Å². The van der Waals surface area contributed by atoms with Crippen LogP contribution in [0.1, 0.15) is 26.1 Å². The van der Waals surface area contributed by atoms with Crippen LogP contribution < -0.4 is 11.2 Å². The molecule has 19 heavy (non-hydrogen) atoms. The average Bonchev–Trinajstić information content (AvgIpc) is 2.65. The molecule has 2 heterocycles. The number of ether oxygens (including phenoxy) is 1. The fourth-order valence-corrected chi connectivity index (χ4v) is 1.95. The fourth-order valence-electron chi connectivity index (χ4n) is 1.95. The number of H-pyrrole nitrogens is 2. The van der Waals surface area contributed by atoms with Crippen LogP contribution in [0.4, 0.5) is 0 Å². The summed E-state index contributed by atoms with van der Waals surface area (Å²) in [6, 6.07) is 0. The maximum absolute atomic E-state index is 11.7. The third-order valence-electron chi connectivity index (χ3n) is 2.92. The van der Waals surface area contributed by atoms with Crippen molar-refractivity contribution in [1.29, 1.82) is 0 Å². The lowest BCUT2D eigenvalue weighted by atomic mass is 10.1. The van der Waals surface area contributed by atoms with E-state index in [1.54, 1.807) is 7.11 Å². The Morgan fingerprint density at radius 1 is 1.32 bits per heavy atom. The first kappa shape index (κ1) is 13.5. The van der Waals surface area contributed by atoms with Gasteiger partial charge in [0, 0.05) is 13.7 Å². The summed E-state index contributed by atoms with van der Waals surface area (Å²) in [5.74, 6) is 1.16. The first-order chi connectivity index (χ1) is 9.02. The molecule has 2 aromatic heterocycles. The van der Waals surface area contributed by atoms with Crippen molar-refractivity contribution in [3.63, 3.8) is 0 Å². The number of aryl methyl sites for hydroxylation is 1. The Kier molecular flexibility index (Phi) is 3.84. The number of aromatic nitrogens is 4. The molecular weight excluding hydrogens is 248 g/mol. The van der Waals surface area contributed by atoms with E-state index in [0.29, 0.717) is 30.5 Å². The number of imidazole rings is 1. The molecule has 0 aromatic carbocycles. The number of hydrogen-bond acceptors (Lipinski definition) is 4. The number of aromatic amines is 2. The smallest absolute Gasteiger partial charge is 0.327 e. The molecule has 2 rings (SSSR count). The molecule has 0 spiro atoms. The number of methoxy groups -OCH3 is 1. The van der Waals surface area contributed by atoms with Crippen LogP contribution in [0.15, 0.2) is 9.59 Å². The third-order valence-corrected chi connectivity index (χ3v) is 2.92. The number of hydrogen-bond donors (Lipinski definition) is 2. The molecule has 0 saturated carbocycles. The van der Waals surface area contributed by atoms with E-state index in [2.05, 4.69) is 28.8 Å². The molecule has 0 saturated heterocycles. The molecule has 0 amide bonds. The lowest BCUT2D eigenvalue weighted by molar-refractivity contribution is 0.174. The Morgan fingerprint density at radius 2 is 2.05 bits per heavy atom. The predicted molar refractivity (Wildman–Crippen MR) is 71.1 cm³/mol. The Bertz CT molecular complexity index is 680. The normalized spacial score (nSPS) is 11.6. The summed E-state index contributed by atoms with van der Waals surface area (Å²) in [6.07, 6.45) is 0.928. The highest BCUT2D eigenvalue weighted by molar-refractivity contribution is 5.69. The van der Waals surface area contributed by atoms with Gasteiger partial charge in [-0.1, -0.05) is 13.8 Å². The monoisotopic (exact) mass is 266 g/mol. The predicted octanol–water partition coefficient (Wildman–Crippen LogP) is 0.605. The Morgan fingerprint density at radius 3 is 2.68 bits per heavy atom. The lowest BCUT2D eigenvalue weighted by Gasteiger charge is -2.09. The summed E-state index contributed by atoms with van der Waals surface area (Å²) >= 11 is 0. The highest BCUT2D eigenvalue weighted by Crippen LogP contribution is 2.13. The molecule has 2 aromatic rings. The summed E-state index contributed by atoms with van der Waals surface area (Å²) in [7, 11) is 1.57. The minimum absolute atomic E-state index is 0.246. The topological polar surface area (TPSA) is 92.8 Å². The van der Waals surface area contributed by atoms with Crippen molar-refractivity contribution in [3.8, 4) is 0 Å². The fraction of sp³-hybridized carbons (Fsp3) is 0.583. The summed E-state index contributed by atoms with van der Waals surface area (Å²) in [6.45, 7) is 5.22. The molecule has 0 atom stereocenters. The second kappa shape index (κ2) is 5.40. The number of rotatable bonds is 5. The van der Waals surface area contributed by atoms with Gasteiger partial charge in [0.15, 0.2) is 5.52 Å². The summed E-state index contributed by atoms with van der Waals surface area (Å²) < 4.78 is 6.93. The van der Waals surface area contributed by atoms with E-state index in [1.807, 2.05) is 4.57 Å². The van der Waals surface area contributed by atoms with Gasteiger partial charge in [-0.05, 0) is 12.3 Å². The molecule has 0 radical (unpaired) electrons. The van der Waals surface area contributed by atoms with E-state index in [9.17, 15) is 9.59 Å². The van der Waals surface area contributed by atoms with Crippen molar-refractivity contribution in [3.05, 3.63) is 26.7 Å². The molecular formula is C12H18N4O3. The average molecular weight is 266 g/mol. The Labute approximate surface area is 109 Å². The third kappa shape index (κ3) is 2.76. The van der Waals surface area contributed by atoms with Crippen LogP contribution >= 0.6 is 0 Å². The van der Waals surface area contributed by atoms with Crippen molar-refractivity contribution in [2.75, 3.05) is 7.11 Å². The van der Waals surface area contributed by atoms with Gasteiger partial charge in [0.1, 0.15) is 18.1 Å². The Hall–Kier alpha value is -1.89. The second-order valence-electron chi connectivity index (χ2n) is 4.90. The van der Waals surface area contributed by atoms with Gasteiger partial charge in [-0.2, -0.15) is 0 Å². The van der Waals surface area contributed by atoms with Crippen LogP contribution in [0.2, 0.25) is 0 Å². The van der Waals surface area contributed by atoms with Crippen LogP contribution in [0, 0.1) is 5.92 Å². The highest BCUT2D eigenvalue weighted by Gasteiger charge is 2.14. The van der Waals surface area contributed by atoms with Crippen LogP contribution in [-0.4, -0.2) is 26.6 Å². The quantitative estimate of drug-likeness (QED) is 0.829. The molecule has 0 unspecified atom stereocenters. The van der Waals surface area contributed by atoms with E-state index >= 15 is 0 Å². The largest absolute Gasteiger partial charge is 0.377 e. The first-order valence-electron chi connectivity index (χ1n) is 6.23. The van der Waals surface area contributed by atoms with Crippen molar-refractivity contribution < 1.29 is 4.74 Å². The van der Waals surface area contributed by atoms with Crippen LogP contribution in [0.25, 0.3) is 11.2 Å². The molecule has 0 aliphatic rings. The lowest BCUT2D eigenvalue weighted by Crippen LogP contribution is -2.22. The second-order valence-corrected chi connectivity index (χ2v) is 4.90. The Balaban J connectivity index is 2.58. The molecule has 0 aliphatic heterocycles. The van der Waals surface area contributed by atoms with E-state index in [1.165, 1.54) is 0 Å². The standard InChI is InChI=1S/C12H18N4O3/c1-7(2)4-5-16-8(6-19-3)13-9-10(16)14-12(18)15-11(9)17/h7H,4-6H2,1-3H3,(H2,14,15,17,18). The molecule has 2 N–H and O–H groups in total. The van der Waals surface area contributed by atoms with Gasteiger partial charge in [0.05, 0.1) is 0 Å². The van der Waals surface area contributed by atoms with Gasteiger partial charge in [-0.15, -0.1) is 0 Å². The number of nitrogens with one attached hydrogen (secondary N) is 2. The van der Waals surface area contributed by atoms with Gasteiger partial charge in [-0.25, -0.2) is 9.78 Å². The van der Waals surface area contributed by atoms with Gasteiger partial charge in [-0.3, -0.25) is 14.8 Å². The van der Waals surface area contributed by atoms with Gasteiger partial charge in [0.2, 0.25) is 0 Å². The highest BCUT2D eigenvalue weighted by atomic mass is 16.5. The molecule has 0 fully saturated rings. The first-order valence-corrected chi connectivity index (χ1v) is 6.23. The van der Waals surface area contributed by atoms with Crippen molar-refractivity contribution in [2.24, 2.45) is 5.92 Å². The molecule has 0 aliphatic carbocycles. The summed E-state index contributed by atoms with van der Waals surface area (Å²) in [4.78, 5) is 32.2. The molecule has 7 nitrogen and oxygen atoms in total. The molecule has 104 valence electrons. The minimum Gasteiger partial charge on any atom is -0.377 e. The van der Waals surface area contributed by atoms with Crippen molar-refractivity contribution >= 4 is 11.2 Å². The van der Waals surface area contributed by atoms with Crippen LogP contribution in [-0.2, 0) is 17.9 Å². The van der Waals surface area contributed by atoms with E-state index in [4.69, 9.17) is 4.74 Å². The zero-order valence-corrected chi connectivity index (χ0v) is 11.3. The number of nitrogens with zero attached hydrogens (tertiary/aromatic N) is 2. The zero-order valence-electron chi connectivity index (χ0n) is 11.3. The van der Waals surface area contributed by atoms with Gasteiger partial charge < -0.3 is 9.30 Å². The van der Waals surface area contributed by atoms with Gasteiger partial charge in [0.25, 0.3) is 5.56 Å². The van der Waals surface area contributed by atoms with Gasteiger partial charge >= 0.3 is 5.69 Å². The number of fused-ring (bicyclic) bond motifs is 1. The van der Waals surface area contributed by atoms with E-state index in [-0.39, 0.29) is 5.52 Å². The maximum Gasteiger partial charge on any atom is 0.327 e.